The summed E-state index contributed by atoms with van der Waals surface area (Å²) < 4.78 is 5.61. The van der Waals surface area contributed by atoms with Crippen molar-refractivity contribution in [3.05, 3.63) is 29.8 Å². The standard InChI is InChI=1S/C12H17NOS/c1-13-6-7-14-9-11-8-10-4-2-3-5-12(10)15-11/h2-5,11,13H,6-9H2,1H3. The molecule has 1 atom stereocenters. The second-order valence-corrected chi connectivity index (χ2v) is 5.07. The number of ether oxygens (including phenoxy) is 1. The average Bonchev–Trinajstić information content (AvgIpc) is 2.67. The average molecular weight is 223 g/mol. The van der Waals surface area contributed by atoms with E-state index < -0.39 is 0 Å². The van der Waals surface area contributed by atoms with E-state index in [9.17, 15) is 0 Å². The zero-order valence-electron chi connectivity index (χ0n) is 9.03. The van der Waals surface area contributed by atoms with E-state index in [0.29, 0.717) is 5.25 Å². The molecule has 0 fully saturated rings. The molecular formula is C12H17NOS. The van der Waals surface area contributed by atoms with E-state index in [1.54, 1.807) is 0 Å². The van der Waals surface area contributed by atoms with Crippen LogP contribution in [-0.4, -0.2) is 32.1 Å². The monoisotopic (exact) mass is 223 g/mol. The molecule has 0 aliphatic carbocycles. The lowest BCUT2D eigenvalue weighted by Gasteiger charge is -2.08. The van der Waals surface area contributed by atoms with Gasteiger partial charge in [0.15, 0.2) is 0 Å². The molecule has 1 aliphatic rings. The normalized spacial score (nSPS) is 19.1. The maximum Gasteiger partial charge on any atom is 0.0592 e. The van der Waals surface area contributed by atoms with Crippen LogP contribution in [-0.2, 0) is 11.2 Å². The molecular weight excluding hydrogens is 206 g/mol. The minimum Gasteiger partial charge on any atom is -0.379 e. The number of fused-ring (bicyclic) bond motifs is 1. The van der Waals surface area contributed by atoms with Crippen molar-refractivity contribution in [1.82, 2.24) is 5.32 Å². The van der Waals surface area contributed by atoms with Crippen LogP contribution in [0.25, 0.3) is 0 Å². The van der Waals surface area contributed by atoms with Gasteiger partial charge in [-0.2, -0.15) is 0 Å². The van der Waals surface area contributed by atoms with Crippen molar-refractivity contribution in [1.29, 1.82) is 0 Å². The number of rotatable bonds is 5. The zero-order chi connectivity index (χ0) is 10.5. The van der Waals surface area contributed by atoms with Gasteiger partial charge in [0.1, 0.15) is 0 Å². The van der Waals surface area contributed by atoms with Crippen LogP contribution in [0.1, 0.15) is 5.56 Å². The molecule has 1 aromatic carbocycles. The van der Waals surface area contributed by atoms with Gasteiger partial charge in [-0.05, 0) is 25.1 Å². The summed E-state index contributed by atoms with van der Waals surface area (Å²) in [7, 11) is 1.95. The maximum absolute atomic E-state index is 5.61. The molecule has 0 aromatic heterocycles. The third-order valence-corrected chi connectivity index (χ3v) is 3.80. The number of likely N-dealkylation sites (N-methyl/N-ethyl adjacent to an activating group) is 1. The highest BCUT2D eigenvalue weighted by atomic mass is 32.2. The lowest BCUT2D eigenvalue weighted by atomic mass is 10.1. The number of benzene rings is 1. The third-order valence-electron chi connectivity index (χ3n) is 2.51. The fourth-order valence-electron chi connectivity index (χ4n) is 1.74. The molecule has 2 rings (SSSR count). The molecule has 0 amide bonds. The Morgan fingerprint density at radius 1 is 1.47 bits per heavy atom. The molecule has 1 aliphatic heterocycles. The lowest BCUT2D eigenvalue weighted by molar-refractivity contribution is 0.139. The maximum atomic E-state index is 5.61. The van der Waals surface area contributed by atoms with Crippen molar-refractivity contribution < 1.29 is 4.74 Å². The second kappa shape index (κ2) is 5.54. The Morgan fingerprint density at radius 2 is 2.33 bits per heavy atom. The van der Waals surface area contributed by atoms with Crippen LogP contribution < -0.4 is 5.32 Å². The SMILES string of the molecule is CNCCOCC1Cc2ccccc2S1. The van der Waals surface area contributed by atoms with Gasteiger partial charge in [0.2, 0.25) is 0 Å². The minimum atomic E-state index is 0.610. The Labute approximate surface area is 95.4 Å². The number of hydrogen-bond donors (Lipinski definition) is 1. The van der Waals surface area contributed by atoms with E-state index in [2.05, 4.69) is 29.6 Å². The van der Waals surface area contributed by atoms with Gasteiger partial charge in [0.25, 0.3) is 0 Å². The van der Waals surface area contributed by atoms with Gasteiger partial charge in [-0.15, -0.1) is 11.8 Å². The Hall–Kier alpha value is -0.510. The van der Waals surface area contributed by atoms with Crippen molar-refractivity contribution in [2.75, 3.05) is 26.8 Å². The van der Waals surface area contributed by atoms with Crippen molar-refractivity contribution >= 4 is 11.8 Å². The van der Waals surface area contributed by atoms with Gasteiger partial charge < -0.3 is 10.1 Å². The summed E-state index contributed by atoms with van der Waals surface area (Å²) in [4.78, 5) is 1.43. The summed E-state index contributed by atoms with van der Waals surface area (Å²) in [6.07, 6.45) is 1.15. The quantitative estimate of drug-likeness (QED) is 0.771. The summed E-state index contributed by atoms with van der Waals surface area (Å²) >= 11 is 1.95. The summed E-state index contributed by atoms with van der Waals surface area (Å²) in [5.41, 5.74) is 1.48. The van der Waals surface area contributed by atoms with Gasteiger partial charge in [-0.3, -0.25) is 0 Å². The third kappa shape index (κ3) is 2.97. The predicted molar refractivity (Wildman–Crippen MR) is 64.5 cm³/mol. The van der Waals surface area contributed by atoms with Crippen LogP contribution in [0.4, 0.5) is 0 Å². The van der Waals surface area contributed by atoms with Crippen LogP contribution in [0, 0.1) is 0 Å². The molecule has 1 unspecified atom stereocenters. The first-order chi connectivity index (χ1) is 7.40. The molecule has 15 heavy (non-hydrogen) atoms. The molecule has 0 bridgehead atoms. The Bertz CT molecular complexity index is 291. The second-order valence-electron chi connectivity index (χ2n) is 3.73. The highest BCUT2D eigenvalue weighted by Crippen LogP contribution is 2.36. The number of hydrogen-bond acceptors (Lipinski definition) is 3. The Morgan fingerprint density at radius 3 is 3.13 bits per heavy atom. The van der Waals surface area contributed by atoms with E-state index >= 15 is 0 Å². The van der Waals surface area contributed by atoms with Gasteiger partial charge in [0, 0.05) is 16.7 Å². The molecule has 3 heteroatoms. The van der Waals surface area contributed by atoms with E-state index in [-0.39, 0.29) is 0 Å². The summed E-state index contributed by atoms with van der Waals surface area (Å²) in [6.45, 7) is 2.61. The van der Waals surface area contributed by atoms with Gasteiger partial charge in [-0.25, -0.2) is 0 Å². The minimum absolute atomic E-state index is 0.610. The molecule has 2 nitrogen and oxygen atoms in total. The van der Waals surface area contributed by atoms with Crippen molar-refractivity contribution in [3.63, 3.8) is 0 Å². The summed E-state index contributed by atoms with van der Waals surface area (Å²) in [6, 6.07) is 8.64. The van der Waals surface area contributed by atoms with Crippen LogP contribution in [0.5, 0.6) is 0 Å². The van der Waals surface area contributed by atoms with E-state index in [1.165, 1.54) is 10.5 Å². The van der Waals surface area contributed by atoms with Crippen LogP contribution >= 0.6 is 11.8 Å². The topological polar surface area (TPSA) is 21.3 Å². The first kappa shape index (κ1) is 11.0. The number of nitrogens with one attached hydrogen (secondary N) is 1. The highest BCUT2D eigenvalue weighted by Gasteiger charge is 2.21. The van der Waals surface area contributed by atoms with Crippen molar-refractivity contribution in [2.24, 2.45) is 0 Å². The smallest absolute Gasteiger partial charge is 0.0592 e. The highest BCUT2D eigenvalue weighted by molar-refractivity contribution is 8.00. The predicted octanol–water partition coefficient (Wildman–Crippen LogP) is 1.94. The molecule has 1 heterocycles. The molecule has 0 saturated carbocycles. The van der Waals surface area contributed by atoms with Crippen LogP contribution in [0.15, 0.2) is 29.2 Å². The van der Waals surface area contributed by atoms with Crippen LogP contribution in [0.3, 0.4) is 0 Å². The Balaban J connectivity index is 1.76. The molecule has 0 radical (unpaired) electrons. The molecule has 0 saturated heterocycles. The summed E-state index contributed by atoms with van der Waals surface area (Å²) in [5, 5.41) is 3.69. The van der Waals surface area contributed by atoms with E-state index in [4.69, 9.17) is 4.74 Å². The van der Waals surface area contributed by atoms with Crippen molar-refractivity contribution in [3.8, 4) is 0 Å². The Kier molecular flexibility index (Phi) is 4.06. The molecule has 0 spiro atoms. The zero-order valence-corrected chi connectivity index (χ0v) is 9.85. The summed E-state index contributed by atoms with van der Waals surface area (Å²) in [5.74, 6) is 0. The van der Waals surface area contributed by atoms with Crippen LogP contribution in [0.2, 0.25) is 0 Å². The van der Waals surface area contributed by atoms with E-state index in [0.717, 1.165) is 26.2 Å². The first-order valence-electron chi connectivity index (χ1n) is 5.37. The number of thioether (sulfide) groups is 1. The first-order valence-corrected chi connectivity index (χ1v) is 6.25. The lowest BCUT2D eigenvalue weighted by Crippen LogP contribution is -2.18. The largest absolute Gasteiger partial charge is 0.379 e. The fraction of sp³-hybridized carbons (Fsp3) is 0.500. The molecule has 82 valence electrons. The molecule has 1 N–H and O–H groups in total. The van der Waals surface area contributed by atoms with E-state index in [1.807, 2.05) is 18.8 Å². The molecule has 1 aromatic rings. The van der Waals surface area contributed by atoms with Gasteiger partial charge in [0.05, 0.1) is 13.2 Å². The van der Waals surface area contributed by atoms with Gasteiger partial charge >= 0.3 is 0 Å². The fourth-order valence-corrected chi connectivity index (χ4v) is 2.98. The van der Waals surface area contributed by atoms with Gasteiger partial charge in [-0.1, -0.05) is 18.2 Å². The van der Waals surface area contributed by atoms with Crippen molar-refractivity contribution in [2.45, 2.75) is 16.6 Å².